The second kappa shape index (κ2) is 9.96. The summed E-state index contributed by atoms with van der Waals surface area (Å²) in [6.07, 6.45) is 2.23. The van der Waals surface area contributed by atoms with E-state index >= 15 is 0 Å². The van der Waals surface area contributed by atoms with Gasteiger partial charge in [0.2, 0.25) is 5.89 Å². The van der Waals surface area contributed by atoms with Crippen LogP contribution in [0.3, 0.4) is 0 Å². The predicted molar refractivity (Wildman–Crippen MR) is 143 cm³/mol. The molecule has 1 saturated heterocycles. The summed E-state index contributed by atoms with van der Waals surface area (Å²) in [5.74, 6) is 2.82. The molecule has 0 atom stereocenters. The van der Waals surface area contributed by atoms with E-state index in [9.17, 15) is 0 Å². The summed E-state index contributed by atoms with van der Waals surface area (Å²) in [7, 11) is 0. The Morgan fingerprint density at radius 3 is 2.22 bits per heavy atom. The third-order valence-corrected chi connectivity index (χ3v) is 6.63. The minimum absolute atomic E-state index is 0.221. The van der Waals surface area contributed by atoms with E-state index in [1.165, 1.54) is 5.69 Å². The molecule has 1 fully saturated rings. The first kappa shape index (κ1) is 22.5. The maximum absolute atomic E-state index is 6.27. The lowest BCUT2D eigenvalue weighted by Crippen LogP contribution is -2.38. The number of ether oxygens (including phenoxy) is 2. The van der Waals surface area contributed by atoms with E-state index < -0.39 is 0 Å². The molecule has 36 heavy (non-hydrogen) atoms. The van der Waals surface area contributed by atoms with Crippen LogP contribution in [0.5, 0.6) is 17.2 Å². The average Bonchev–Trinajstić information content (AvgIpc) is 3.35. The van der Waals surface area contributed by atoms with Crippen molar-refractivity contribution in [2.24, 2.45) is 0 Å². The molecule has 6 rings (SSSR count). The summed E-state index contributed by atoms with van der Waals surface area (Å²) >= 11 is 5.95. The van der Waals surface area contributed by atoms with Crippen molar-refractivity contribution in [3.8, 4) is 28.7 Å². The summed E-state index contributed by atoms with van der Waals surface area (Å²) in [5, 5.41) is 0.669. The highest BCUT2D eigenvalue weighted by Crippen LogP contribution is 2.31. The van der Waals surface area contributed by atoms with Crippen molar-refractivity contribution >= 4 is 28.4 Å². The quantitative estimate of drug-likeness (QED) is 0.238. The molecule has 0 amide bonds. The van der Waals surface area contributed by atoms with Gasteiger partial charge >= 0.3 is 0 Å². The number of anilines is 1. The molecule has 2 heterocycles. The Bertz CT molecular complexity index is 1440. The molecule has 6 heteroatoms. The summed E-state index contributed by atoms with van der Waals surface area (Å²) in [6.45, 7) is 2.00. The van der Waals surface area contributed by atoms with E-state index in [0.717, 1.165) is 42.8 Å². The van der Waals surface area contributed by atoms with E-state index in [1.54, 1.807) is 12.1 Å². The summed E-state index contributed by atoms with van der Waals surface area (Å²) in [4.78, 5) is 7.06. The monoisotopic (exact) mass is 496 g/mol. The molecular weight excluding hydrogens is 472 g/mol. The molecule has 1 aliphatic rings. The van der Waals surface area contributed by atoms with Gasteiger partial charge in [-0.25, -0.2) is 4.98 Å². The van der Waals surface area contributed by atoms with Gasteiger partial charge in [-0.2, -0.15) is 0 Å². The van der Waals surface area contributed by atoms with E-state index in [1.807, 2.05) is 54.6 Å². The van der Waals surface area contributed by atoms with Crippen LogP contribution in [0.2, 0.25) is 5.02 Å². The van der Waals surface area contributed by atoms with Gasteiger partial charge in [0.15, 0.2) is 5.58 Å². The first-order chi connectivity index (χ1) is 17.7. The number of oxazole rings is 1. The molecule has 0 bridgehead atoms. The third kappa shape index (κ3) is 5.02. The molecule has 0 unspecified atom stereocenters. The van der Waals surface area contributed by atoms with Gasteiger partial charge < -0.3 is 18.8 Å². The Kier molecular flexibility index (Phi) is 6.22. The lowest BCUT2D eigenvalue weighted by molar-refractivity contribution is 0.171. The van der Waals surface area contributed by atoms with Gasteiger partial charge in [-0.15, -0.1) is 0 Å². The Hall–Kier alpha value is -3.96. The van der Waals surface area contributed by atoms with Crippen LogP contribution in [-0.4, -0.2) is 24.2 Å². The Balaban J connectivity index is 1.09. The number of aromatic nitrogens is 1. The number of nitrogens with zero attached hydrogens (tertiary/aromatic N) is 2. The minimum Gasteiger partial charge on any atom is -0.490 e. The standard InChI is InChI=1S/C30H25ClN2O3/c31-22-8-12-25(13-9-22)35-27-14-15-28-29(20-27)36-30(32-28)21-6-10-24(11-7-21)34-26-16-18-33(19-17-26)23-4-2-1-3-5-23/h1-15,20,26H,16-19H2. The molecule has 0 aliphatic carbocycles. The fourth-order valence-corrected chi connectivity index (χ4v) is 4.60. The maximum Gasteiger partial charge on any atom is 0.227 e. The molecule has 0 saturated carbocycles. The second-order valence-electron chi connectivity index (χ2n) is 8.87. The highest BCUT2D eigenvalue weighted by atomic mass is 35.5. The number of benzene rings is 4. The number of rotatable bonds is 6. The highest BCUT2D eigenvalue weighted by molar-refractivity contribution is 6.30. The van der Waals surface area contributed by atoms with Crippen molar-refractivity contribution in [3.05, 3.63) is 102 Å². The van der Waals surface area contributed by atoms with Gasteiger partial charge in [0.25, 0.3) is 0 Å². The van der Waals surface area contributed by atoms with Crippen LogP contribution in [0.15, 0.2) is 101 Å². The highest BCUT2D eigenvalue weighted by Gasteiger charge is 2.21. The first-order valence-corrected chi connectivity index (χ1v) is 12.5. The topological polar surface area (TPSA) is 47.7 Å². The summed E-state index contributed by atoms with van der Waals surface area (Å²) in [6, 6.07) is 31.4. The number of hydrogen-bond donors (Lipinski definition) is 0. The molecule has 180 valence electrons. The molecule has 4 aromatic carbocycles. The maximum atomic E-state index is 6.27. The summed E-state index contributed by atoms with van der Waals surface area (Å²) in [5.41, 5.74) is 3.63. The normalized spacial score (nSPS) is 14.2. The molecule has 0 spiro atoms. The zero-order valence-electron chi connectivity index (χ0n) is 19.6. The van der Waals surface area contributed by atoms with Crippen molar-refractivity contribution in [2.75, 3.05) is 18.0 Å². The first-order valence-electron chi connectivity index (χ1n) is 12.1. The van der Waals surface area contributed by atoms with E-state index in [0.29, 0.717) is 28.0 Å². The number of para-hydroxylation sites is 1. The van der Waals surface area contributed by atoms with E-state index in [2.05, 4.69) is 40.2 Å². The fourth-order valence-electron chi connectivity index (χ4n) is 4.47. The number of piperidine rings is 1. The zero-order chi connectivity index (χ0) is 24.3. The molecule has 0 N–H and O–H groups in total. The molecule has 5 nitrogen and oxygen atoms in total. The van der Waals surface area contributed by atoms with E-state index in [4.69, 9.17) is 25.5 Å². The molecule has 1 aliphatic heterocycles. The SMILES string of the molecule is Clc1ccc(Oc2ccc3nc(-c4ccc(OC5CCN(c6ccccc6)CC5)cc4)oc3c2)cc1. The second-order valence-corrected chi connectivity index (χ2v) is 9.31. The number of fused-ring (bicyclic) bond motifs is 1. The Labute approximate surface area is 214 Å². The average molecular weight is 497 g/mol. The van der Waals surface area contributed by atoms with Crippen LogP contribution in [0.4, 0.5) is 5.69 Å². The van der Waals surface area contributed by atoms with Gasteiger partial charge in [-0.1, -0.05) is 29.8 Å². The van der Waals surface area contributed by atoms with Crippen LogP contribution in [0.1, 0.15) is 12.8 Å². The van der Waals surface area contributed by atoms with Crippen molar-refractivity contribution in [3.63, 3.8) is 0 Å². The molecule has 0 radical (unpaired) electrons. The fraction of sp³-hybridized carbons (Fsp3) is 0.167. The van der Waals surface area contributed by atoms with Crippen LogP contribution >= 0.6 is 11.6 Å². The number of halogens is 1. The van der Waals surface area contributed by atoms with Gasteiger partial charge in [0.1, 0.15) is 28.9 Å². The predicted octanol–water partition coefficient (Wildman–Crippen LogP) is 7.99. The lowest BCUT2D eigenvalue weighted by atomic mass is 10.1. The van der Waals surface area contributed by atoms with Crippen LogP contribution in [-0.2, 0) is 0 Å². The molecular formula is C30H25ClN2O3. The van der Waals surface area contributed by atoms with Crippen LogP contribution in [0.25, 0.3) is 22.6 Å². The largest absolute Gasteiger partial charge is 0.490 e. The minimum atomic E-state index is 0.221. The number of hydrogen-bond acceptors (Lipinski definition) is 5. The van der Waals surface area contributed by atoms with Gasteiger partial charge in [-0.05, 0) is 72.8 Å². The smallest absolute Gasteiger partial charge is 0.227 e. The Morgan fingerprint density at radius 1 is 0.778 bits per heavy atom. The van der Waals surface area contributed by atoms with Crippen molar-refractivity contribution in [2.45, 2.75) is 18.9 Å². The molecule has 5 aromatic rings. The van der Waals surface area contributed by atoms with Crippen molar-refractivity contribution in [1.29, 1.82) is 0 Å². The van der Waals surface area contributed by atoms with Crippen LogP contribution in [0, 0.1) is 0 Å². The van der Waals surface area contributed by atoms with Crippen molar-refractivity contribution < 1.29 is 13.9 Å². The van der Waals surface area contributed by atoms with E-state index in [-0.39, 0.29) is 6.10 Å². The summed E-state index contributed by atoms with van der Waals surface area (Å²) < 4.78 is 18.2. The van der Waals surface area contributed by atoms with Gasteiger partial charge in [0, 0.05) is 48.3 Å². The third-order valence-electron chi connectivity index (χ3n) is 6.38. The van der Waals surface area contributed by atoms with Crippen molar-refractivity contribution in [1.82, 2.24) is 4.98 Å². The van der Waals surface area contributed by atoms with Gasteiger partial charge in [0.05, 0.1) is 0 Å². The Morgan fingerprint density at radius 2 is 1.47 bits per heavy atom. The zero-order valence-corrected chi connectivity index (χ0v) is 20.4. The van der Waals surface area contributed by atoms with Gasteiger partial charge in [-0.3, -0.25) is 0 Å². The molecule has 1 aromatic heterocycles. The lowest BCUT2D eigenvalue weighted by Gasteiger charge is -2.33. The van der Waals surface area contributed by atoms with Crippen LogP contribution < -0.4 is 14.4 Å².